The number of anilines is 1. The molecule has 5 rings (SSSR count). The molecular weight excluding hydrogens is 478 g/mol. The molecule has 190 valence electrons. The third kappa shape index (κ3) is 5.54. The van der Waals surface area contributed by atoms with Gasteiger partial charge in [0.1, 0.15) is 23.9 Å². The van der Waals surface area contributed by atoms with E-state index < -0.39 is 6.04 Å². The molecule has 0 fully saturated rings. The second-order valence-corrected chi connectivity index (χ2v) is 8.77. The zero-order valence-electron chi connectivity index (χ0n) is 20.9. The molecule has 0 aliphatic rings. The number of nitrogens with one attached hydrogen (secondary N) is 1. The van der Waals surface area contributed by atoms with Crippen LogP contribution in [0.25, 0.3) is 11.0 Å². The van der Waals surface area contributed by atoms with Gasteiger partial charge in [0.25, 0.3) is 5.91 Å². The summed E-state index contributed by atoms with van der Waals surface area (Å²) >= 11 is 0. The van der Waals surface area contributed by atoms with Gasteiger partial charge >= 0.3 is 0 Å². The van der Waals surface area contributed by atoms with E-state index in [1.54, 1.807) is 41.0 Å². The molecule has 5 aromatic rings. The summed E-state index contributed by atoms with van der Waals surface area (Å²) in [5.74, 6) is 0.0980. The van der Waals surface area contributed by atoms with Crippen molar-refractivity contribution in [2.24, 2.45) is 0 Å². The van der Waals surface area contributed by atoms with Crippen LogP contribution >= 0.6 is 0 Å². The fourth-order valence-electron chi connectivity index (χ4n) is 4.35. The lowest BCUT2D eigenvalue weighted by Gasteiger charge is -2.31. The van der Waals surface area contributed by atoms with Crippen LogP contribution in [0, 0.1) is 0 Å². The van der Waals surface area contributed by atoms with E-state index in [-0.39, 0.29) is 24.9 Å². The van der Waals surface area contributed by atoms with Crippen LogP contribution in [0.1, 0.15) is 17.2 Å². The molecule has 1 atom stereocenters. The lowest BCUT2D eigenvalue weighted by Crippen LogP contribution is -2.42. The van der Waals surface area contributed by atoms with Crippen molar-refractivity contribution in [3.8, 4) is 5.75 Å². The van der Waals surface area contributed by atoms with Gasteiger partial charge in [-0.1, -0.05) is 78.0 Å². The second kappa shape index (κ2) is 11.4. The van der Waals surface area contributed by atoms with Gasteiger partial charge in [-0.25, -0.2) is 4.68 Å². The molecule has 0 saturated carbocycles. The molecule has 8 heteroatoms. The van der Waals surface area contributed by atoms with E-state index in [2.05, 4.69) is 15.6 Å². The SMILES string of the molecule is COc1ccc(NC(=O)C(c2ccccc2)N(Cc2ccccc2)C(=O)Cn2nnc3ccccc32)cc1. The number of amides is 2. The Hall–Kier alpha value is -4.98. The molecule has 0 radical (unpaired) electrons. The summed E-state index contributed by atoms with van der Waals surface area (Å²) in [6.07, 6.45) is 0. The first-order valence-electron chi connectivity index (χ1n) is 12.2. The largest absolute Gasteiger partial charge is 0.497 e. The molecule has 1 N–H and O–H groups in total. The van der Waals surface area contributed by atoms with Gasteiger partial charge in [-0.15, -0.1) is 5.10 Å². The molecule has 4 aromatic carbocycles. The molecule has 0 aliphatic carbocycles. The number of hydrogen-bond donors (Lipinski definition) is 1. The van der Waals surface area contributed by atoms with Crippen molar-refractivity contribution in [1.82, 2.24) is 19.9 Å². The molecule has 8 nitrogen and oxygen atoms in total. The van der Waals surface area contributed by atoms with Crippen molar-refractivity contribution in [2.45, 2.75) is 19.1 Å². The Bertz CT molecular complexity index is 1520. The molecular formula is C30H27N5O3. The summed E-state index contributed by atoms with van der Waals surface area (Å²) in [7, 11) is 1.59. The summed E-state index contributed by atoms with van der Waals surface area (Å²) < 4.78 is 6.80. The number of aromatic nitrogens is 3. The van der Waals surface area contributed by atoms with E-state index in [0.29, 0.717) is 22.5 Å². The van der Waals surface area contributed by atoms with Crippen LogP contribution in [-0.2, 0) is 22.7 Å². The van der Waals surface area contributed by atoms with Gasteiger partial charge in [0, 0.05) is 12.2 Å². The van der Waals surface area contributed by atoms with Gasteiger partial charge in [0.2, 0.25) is 5.91 Å². The van der Waals surface area contributed by atoms with E-state index in [1.165, 1.54) is 0 Å². The first-order chi connectivity index (χ1) is 18.6. The molecule has 0 spiro atoms. The van der Waals surface area contributed by atoms with Gasteiger partial charge in [-0.3, -0.25) is 9.59 Å². The monoisotopic (exact) mass is 505 g/mol. The molecule has 1 unspecified atom stereocenters. The highest BCUT2D eigenvalue weighted by atomic mass is 16.5. The lowest BCUT2D eigenvalue weighted by molar-refractivity contribution is -0.140. The molecule has 0 aliphatic heterocycles. The fraction of sp³-hybridized carbons (Fsp3) is 0.133. The molecule has 38 heavy (non-hydrogen) atoms. The Morgan fingerprint density at radius 3 is 2.24 bits per heavy atom. The number of carbonyl (C=O) groups excluding carboxylic acids is 2. The quantitative estimate of drug-likeness (QED) is 0.309. The summed E-state index contributed by atoms with van der Waals surface area (Å²) in [4.78, 5) is 29.4. The predicted molar refractivity (Wildman–Crippen MR) is 145 cm³/mol. The van der Waals surface area contributed by atoms with Gasteiger partial charge in [-0.2, -0.15) is 0 Å². The van der Waals surface area contributed by atoms with E-state index in [1.807, 2.05) is 84.9 Å². The smallest absolute Gasteiger partial charge is 0.251 e. The summed E-state index contributed by atoms with van der Waals surface area (Å²) in [5.41, 5.74) is 3.66. The number of benzene rings is 4. The minimum Gasteiger partial charge on any atom is -0.497 e. The Morgan fingerprint density at radius 1 is 0.868 bits per heavy atom. The maximum atomic E-state index is 14.0. The number of carbonyl (C=O) groups is 2. The fourth-order valence-corrected chi connectivity index (χ4v) is 4.35. The molecule has 0 bridgehead atoms. The van der Waals surface area contributed by atoms with Crippen molar-refractivity contribution in [3.63, 3.8) is 0 Å². The first kappa shape index (κ1) is 24.7. The third-order valence-corrected chi connectivity index (χ3v) is 6.25. The van der Waals surface area contributed by atoms with Crippen LogP contribution in [0.5, 0.6) is 5.75 Å². The van der Waals surface area contributed by atoms with Gasteiger partial charge in [-0.05, 0) is 47.5 Å². The maximum Gasteiger partial charge on any atom is 0.251 e. The Morgan fingerprint density at radius 2 is 1.53 bits per heavy atom. The Labute approximate surface area is 220 Å². The van der Waals surface area contributed by atoms with E-state index >= 15 is 0 Å². The van der Waals surface area contributed by atoms with Crippen LogP contribution in [0.15, 0.2) is 109 Å². The summed E-state index contributed by atoms with van der Waals surface area (Å²) in [6, 6.07) is 32.6. The number of fused-ring (bicyclic) bond motifs is 1. The van der Waals surface area contributed by atoms with Crippen molar-refractivity contribution < 1.29 is 14.3 Å². The van der Waals surface area contributed by atoms with Crippen LogP contribution in [0.2, 0.25) is 0 Å². The van der Waals surface area contributed by atoms with Crippen molar-refractivity contribution in [2.75, 3.05) is 12.4 Å². The van der Waals surface area contributed by atoms with Crippen molar-refractivity contribution in [1.29, 1.82) is 0 Å². The standard InChI is InChI=1S/C30H27N5O3/c1-38-25-18-16-24(17-19-25)31-30(37)29(23-12-6-3-7-13-23)34(20-22-10-4-2-5-11-22)28(36)21-35-27-15-9-8-14-26(27)32-33-35/h2-19,29H,20-21H2,1H3,(H,31,37). The van der Waals surface area contributed by atoms with E-state index in [0.717, 1.165) is 11.1 Å². The van der Waals surface area contributed by atoms with Gasteiger partial charge in [0.15, 0.2) is 0 Å². The topological polar surface area (TPSA) is 89.4 Å². The van der Waals surface area contributed by atoms with Crippen molar-refractivity contribution in [3.05, 3.63) is 120 Å². The number of methoxy groups -OCH3 is 1. The summed E-state index contributed by atoms with van der Waals surface area (Å²) in [5, 5.41) is 11.3. The van der Waals surface area contributed by atoms with Gasteiger partial charge in [0.05, 0.1) is 12.6 Å². The number of para-hydroxylation sites is 1. The normalized spacial score (nSPS) is 11.6. The maximum absolute atomic E-state index is 14.0. The summed E-state index contributed by atoms with van der Waals surface area (Å²) in [6.45, 7) is 0.175. The molecule has 1 aromatic heterocycles. The van der Waals surface area contributed by atoms with E-state index in [9.17, 15) is 9.59 Å². The number of hydrogen-bond acceptors (Lipinski definition) is 5. The molecule has 1 heterocycles. The highest BCUT2D eigenvalue weighted by molar-refractivity contribution is 5.98. The van der Waals surface area contributed by atoms with E-state index in [4.69, 9.17) is 4.74 Å². The second-order valence-electron chi connectivity index (χ2n) is 8.77. The Balaban J connectivity index is 1.51. The highest BCUT2D eigenvalue weighted by Crippen LogP contribution is 2.27. The minimum absolute atomic E-state index is 0.0630. The average Bonchev–Trinajstić information content (AvgIpc) is 3.37. The number of nitrogens with zero attached hydrogens (tertiary/aromatic N) is 4. The van der Waals surface area contributed by atoms with Gasteiger partial charge < -0.3 is 15.0 Å². The van der Waals surface area contributed by atoms with Crippen LogP contribution in [0.4, 0.5) is 5.69 Å². The molecule has 2 amide bonds. The third-order valence-electron chi connectivity index (χ3n) is 6.25. The lowest BCUT2D eigenvalue weighted by atomic mass is 10.0. The van der Waals surface area contributed by atoms with Crippen molar-refractivity contribution >= 4 is 28.5 Å². The average molecular weight is 506 g/mol. The first-order valence-corrected chi connectivity index (χ1v) is 12.2. The number of ether oxygens (including phenoxy) is 1. The van der Waals surface area contributed by atoms with Crippen LogP contribution in [0.3, 0.4) is 0 Å². The highest BCUT2D eigenvalue weighted by Gasteiger charge is 2.32. The zero-order valence-corrected chi connectivity index (χ0v) is 20.9. The minimum atomic E-state index is -0.888. The number of rotatable bonds is 9. The Kier molecular flexibility index (Phi) is 7.40. The zero-order chi connectivity index (χ0) is 26.3. The van der Waals surface area contributed by atoms with Crippen LogP contribution < -0.4 is 10.1 Å². The predicted octanol–water partition coefficient (Wildman–Crippen LogP) is 4.85. The molecule has 0 saturated heterocycles. The van der Waals surface area contributed by atoms with Crippen LogP contribution in [-0.4, -0.2) is 38.8 Å².